The molecule has 0 aromatic carbocycles. The molecule has 0 amide bonds. The van der Waals surface area contributed by atoms with Crippen molar-refractivity contribution in [1.29, 1.82) is 0 Å². The van der Waals surface area contributed by atoms with E-state index < -0.39 is 6.10 Å². The third-order valence-corrected chi connectivity index (χ3v) is 14.0. The van der Waals surface area contributed by atoms with E-state index in [2.05, 4.69) is 130 Å². The zero-order chi connectivity index (χ0) is 56.4. The minimum atomic E-state index is -0.785. The molecule has 1 unspecified atom stereocenters. The molecule has 0 aromatic rings. The van der Waals surface area contributed by atoms with E-state index in [-0.39, 0.29) is 31.1 Å². The van der Waals surface area contributed by atoms with Crippen molar-refractivity contribution in [3.05, 3.63) is 109 Å². The summed E-state index contributed by atoms with van der Waals surface area (Å²) in [6, 6.07) is 0. The average molecular weight is 1080 g/mol. The Kier molecular flexibility index (Phi) is 62.3. The predicted molar refractivity (Wildman–Crippen MR) is 339 cm³/mol. The normalized spacial score (nSPS) is 12.8. The van der Waals surface area contributed by atoms with Crippen molar-refractivity contribution in [2.45, 2.75) is 316 Å². The van der Waals surface area contributed by atoms with Crippen LogP contribution in [-0.4, -0.2) is 37.2 Å². The summed E-state index contributed by atoms with van der Waals surface area (Å²) >= 11 is 0. The molecule has 6 heteroatoms. The Morgan fingerprint density at radius 3 is 0.782 bits per heavy atom. The van der Waals surface area contributed by atoms with Gasteiger partial charge >= 0.3 is 17.9 Å². The number of carbonyl (C=O) groups is 3. The molecular weight excluding hydrogens is 961 g/mol. The number of carbonyl (C=O) groups excluding carboxylic acids is 3. The molecule has 0 N–H and O–H groups in total. The van der Waals surface area contributed by atoms with Crippen LogP contribution in [0.25, 0.3) is 0 Å². The molecular formula is C72H122O6. The second-order valence-corrected chi connectivity index (χ2v) is 21.6. The second kappa shape index (κ2) is 65.6. The molecule has 0 aliphatic carbocycles. The summed E-state index contributed by atoms with van der Waals surface area (Å²) < 4.78 is 16.8. The predicted octanol–water partition coefficient (Wildman–Crippen LogP) is 22.6. The fraction of sp³-hybridized carbons (Fsp3) is 0.708. The van der Waals surface area contributed by atoms with Gasteiger partial charge in [0.15, 0.2) is 6.10 Å². The van der Waals surface area contributed by atoms with Crippen molar-refractivity contribution in [3.63, 3.8) is 0 Å². The number of rotatable bonds is 59. The summed E-state index contributed by atoms with van der Waals surface area (Å²) in [6.07, 6.45) is 89.9. The first kappa shape index (κ1) is 74.1. The molecule has 0 aliphatic heterocycles. The summed E-state index contributed by atoms with van der Waals surface area (Å²) in [6.45, 7) is 6.46. The summed E-state index contributed by atoms with van der Waals surface area (Å²) in [5.41, 5.74) is 0. The number of allylic oxidation sites excluding steroid dienone is 18. The van der Waals surface area contributed by atoms with Crippen molar-refractivity contribution in [2.24, 2.45) is 0 Å². The van der Waals surface area contributed by atoms with E-state index in [1.807, 2.05) is 0 Å². The van der Waals surface area contributed by atoms with Crippen molar-refractivity contribution in [1.82, 2.24) is 0 Å². The molecule has 0 spiro atoms. The Hall–Kier alpha value is -3.93. The standard InChI is InChI=1S/C72H122O6/c1-4-7-10-13-16-18-20-22-24-26-28-30-32-34-36-38-40-42-44-46-48-50-52-54-56-59-62-65-71(74)77-68-69(67-76-70(73)64-61-58-15-12-9-6-3)78-72(75)66-63-60-57-55-53-51-49-47-45-43-41-39-37-35-33-31-29-27-25-23-21-19-17-14-11-8-5-2/h7,10,16,18,21-24,27-30,34,36,40,42,46,48,69H,4-6,8-9,11-15,17,19-20,25-26,31-33,35,37-39,41,43-45,47,49-68H2,1-3H3/b10-7-,18-16-,23-21-,24-22-,29-27-,30-28-,36-34-,42-40-,48-46-. The van der Waals surface area contributed by atoms with Crippen LogP contribution in [0.4, 0.5) is 0 Å². The maximum atomic E-state index is 12.9. The molecule has 0 rings (SSSR count). The lowest BCUT2D eigenvalue weighted by Crippen LogP contribution is -2.30. The Labute approximate surface area is 482 Å². The molecule has 446 valence electrons. The quantitative estimate of drug-likeness (QED) is 0.0261. The first-order valence-corrected chi connectivity index (χ1v) is 32.9. The van der Waals surface area contributed by atoms with Gasteiger partial charge in [0.25, 0.3) is 0 Å². The Morgan fingerprint density at radius 1 is 0.269 bits per heavy atom. The van der Waals surface area contributed by atoms with E-state index in [1.54, 1.807) is 0 Å². The fourth-order valence-corrected chi connectivity index (χ4v) is 9.10. The monoisotopic (exact) mass is 1080 g/mol. The fourth-order valence-electron chi connectivity index (χ4n) is 9.10. The number of ether oxygens (including phenoxy) is 3. The largest absolute Gasteiger partial charge is 0.462 e. The van der Waals surface area contributed by atoms with Crippen molar-refractivity contribution < 1.29 is 28.6 Å². The maximum absolute atomic E-state index is 12.9. The second-order valence-electron chi connectivity index (χ2n) is 21.6. The van der Waals surface area contributed by atoms with E-state index in [0.717, 1.165) is 128 Å². The molecule has 0 heterocycles. The van der Waals surface area contributed by atoms with Crippen molar-refractivity contribution in [3.8, 4) is 0 Å². The minimum Gasteiger partial charge on any atom is -0.462 e. The van der Waals surface area contributed by atoms with E-state index in [9.17, 15) is 14.4 Å². The van der Waals surface area contributed by atoms with Crippen molar-refractivity contribution >= 4 is 17.9 Å². The summed E-state index contributed by atoms with van der Waals surface area (Å²) in [4.78, 5) is 38.0. The Balaban J connectivity index is 4.13. The number of unbranched alkanes of at least 4 members (excludes halogenated alkanes) is 30. The Bertz CT molecular complexity index is 1570. The van der Waals surface area contributed by atoms with Gasteiger partial charge in [-0.15, -0.1) is 0 Å². The van der Waals surface area contributed by atoms with Crippen LogP contribution in [0, 0.1) is 0 Å². The number of esters is 3. The van der Waals surface area contributed by atoms with Gasteiger partial charge in [0, 0.05) is 19.3 Å². The first-order chi connectivity index (χ1) is 38.5. The van der Waals surface area contributed by atoms with Gasteiger partial charge in [0.05, 0.1) is 0 Å². The maximum Gasteiger partial charge on any atom is 0.306 e. The van der Waals surface area contributed by atoms with Crippen molar-refractivity contribution in [2.75, 3.05) is 13.2 Å². The summed E-state index contributed by atoms with van der Waals surface area (Å²) in [5.74, 6) is -0.907. The third kappa shape index (κ3) is 62.9. The van der Waals surface area contributed by atoms with Crippen LogP contribution in [0.3, 0.4) is 0 Å². The molecule has 0 radical (unpaired) electrons. The van der Waals surface area contributed by atoms with Crippen LogP contribution < -0.4 is 0 Å². The highest BCUT2D eigenvalue weighted by Gasteiger charge is 2.19. The highest BCUT2D eigenvalue weighted by molar-refractivity contribution is 5.71. The van der Waals surface area contributed by atoms with Crippen LogP contribution in [-0.2, 0) is 28.6 Å². The molecule has 0 saturated carbocycles. The van der Waals surface area contributed by atoms with Crippen LogP contribution in [0.2, 0.25) is 0 Å². The highest BCUT2D eigenvalue weighted by Crippen LogP contribution is 2.16. The lowest BCUT2D eigenvalue weighted by molar-refractivity contribution is -0.167. The third-order valence-electron chi connectivity index (χ3n) is 14.0. The number of hydrogen-bond donors (Lipinski definition) is 0. The lowest BCUT2D eigenvalue weighted by Gasteiger charge is -2.18. The molecule has 0 fully saturated rings. The van der Waals surface area contributed by atoms with Gasteiger partial charge in [-0.3, -0.25) is 14.4 Å². The first-order valence-electron chi connectivity index (χ1n) is 32.9. The van der Waals surface area contributed by atoms with Gasteiger partial charge in [-0.2, -0.15) is 0 Å². The Morgan fingerprint density at radius 2 is 0.500 bits per heavy atom. The minimum absolute atomic E-state index is 0.0838. The lowest BCUT2D eigenvalue weighted by atomic mass is 10.0. The smallest absolute Gasteiger partial charge is 0.306 e. The average Bonchev–Trinajstić information content (AvgIpc) is 3.44. The summed E-state index contributed by atoms with van der Waals surface area (Å²) in [7, 11) is 0. The van der Waals surface area contributed by atoms with E-state index in [1.165, 1.54) is 141 Å². The highest BCUT2D eigenvalue weighted by atomic mass is 16.6. The van der Waals surface area contributed by atoms with Crippen LogP contribution >= 0.6 is 0 Å². The van der Waals surface area contributed by atoms with E-state index in [0.29, 0.717) is 19.3 Å². The molecule has 0 saturated heterocycles. The molecule has 0 bridgehead atoms. The van der Waals surface area contributed by atoms with E-state index >= 15 is 0 Å². The molecule has 0 aromatic heterocycles. The zero-order valence-electron chi connectivity index (χ0n) is 51.2. The van der Waals surface area contributed by atoms with Gasteiger partial charge < -0.3 is 14.2 Å². The van der Waals surface area contributed by atoms with Gasteiger partial charge in [-0.1, -0.05) is 291 Å². The molecule has 0 aliphatic rings. The van der Waals surface area contributed by atoms with Crippen LogP contribution in [0.1, 0.15) is 310 Å². The van der Waals surface area contributed by atoms with E-state index in [4.69, 9.17) is 14.2 Å². The zero-order valence-corrected chi connectivity index (χ0v) is 51.2. The molecule has 78 heavy (non-hydrogen) atoms. The van der Waals surface area contributed by atoms with Crippen LogP contribution in [0.15, 0.2) is 109 Å². The van der Waals surface area contributed by atoms with Gasteiger partial charge in [-0.05, 0) is 109 Å². The van der Waals surface area contributed by atoms with Gasteiger partial charge in [0.2, 0.25) is 0 Å². The SMILES string of the molecule is CC/C=C\C/C=C\C/C=C\C/C=C\C/C=C\C/C=C\C/C=C\CCCCCCCC(=O)OCC(COC(=O)CCCCCCCC)OC(=O)CCCCCCCCCCCCCCCCC/C=C\C/C=C\CCCCCCC. The topological polar surface area (TPSA) is 78.9 Å². The van der Waals surface area contributed by atoms with Gasteiger partial charge in [0.1, 0.15) is 13.2 Å². The molecule has 1 atom stereocenters. The number of hydrogen-bond acceptors (Lipinski definition) is 6. The summed E-state index contributed by atoms with van der Waals surface area (Å²) in [5, 5.41) is 0. The van der Waals surface area contributed by atoms with Gasteiger partial charge in [-0.25, -0.2) is 0 Å². The van der Waals surface area contributed by atoms with Crippen LogP contribution in [0.5, 0.6) is 0 Å². The molecule has 6 nitrogen and oxygen atoms in total.